The Morgan fingerprint density at radius 3 is 2.73 bits per heavy atom. The molecule has 15 heavy (non-hydrogen) atoms. The summed E-state index contributed by atoms with van der Waals surface area (Å²) in [4.78, 5) is 0. The van der Waals surface area contributed by atoms with E-state index < -0.39 is 8.96 Å². The lowest BCUT2D eigenvalue weighted by atomic mass is 10.1. The Hall–Kier alpha value is 0.137. The molecule has 2 nitrogen and oxygen atoms in total. The van der Waals surface area contributed by atoms with Gasteiger partial charge >= 0.3 is 0 Å². The van der Waals surface area contributed by atoms with Crippen molar-refractivity contribution in [3.8, 4) is 0 Å². The van der Waals surface area contributed by atoms with Gasteiger partial charge in [-0.05, 0) is 6.42 Å². The molecule has 0 saturated carbocycles. The molecule has 0 radical (unpaired) electrons. The van der Waals surface area contributed by atoms with Gasteiger partial charge in [0.1, 0.15) is 8.96 Å². The van der Waals surface area contributed by atoms with Gasteiger partial charge in [-0.25, -0.2) is 0 Å². The molecule has 1 fully saturated rings. The molecule has 1 rings (SSSR count). The minimum Gasteiger partial charge on any atom is -0.321 e. The summed E-state index contributed by atoms with van der Waals surface area (Å²) in [5.41, 5.74) is 0. The summed E-state index contributed by atoms with van der Waals surface area (Å²) in [6, 6.07) is 0.849. The van der Waals surface area contributed by atoms with Gasteiger partial charge in [-0.1, -0.05) is 45.7 Å². The van der Waals surface area contributed by atoms with Gasteiger partial charge in [0.25, 0.3) is 0 Å². The molecule has 3 heteroatoms. The minimum absolute atomic E-state index is 0.575. The molecule has 0 aromatic rings. The fraction of sp³-hybridized carbons (Fsp3) is 1.00. The largest absolute Gasteiger partial charge is 0.321 e. The number of unbranched alkanes of at least 4 members (excludes halogenated alkanes) is 3. The van der Waals surface area contributed by atoms with Crippen molar-refractivity contribution in [2.75, 3.05) is 19.6 Å². The maximum absolute atomic E-state index is 3.54. The highest BCUT2D eigenvalue weighted by Gasteiger charge is 2.23. The molecule has 1 saturated heterocycles. The van der Waals surface area contributed by atoms with E-state index in [0.717, 1.165) is 6.04 Å². The van der Waals surface area contributed by atoms with Crippen molar-refractivity contribution >= 4 is 8.96 Å². The highest BCUT2D eigenvalue weighted by atomic mass is 28.3. The molecule has 1 atom stereocenters. The van der Waals surface area contributed by atoms with E-state index in [1.54, 1.807) is 0 Å². The summed E-state index contributed by atoms with van der Waals surface area (Å²) in [6.45, 7) is 10.9. The molecule has 1 N–H and O–H groups in total. The van der Waals surface area contributed by atoms with Gasteiger partial charge in [0.05, 0.1) is 0 Å². The maximum atomic E-state index is 3.54. The molecule has 1 heterocycles. The summed E-state index contributed by atoms with van der Waals surface area (Å²) >= 11 is 0. The third kappa shape index (κ3) is 4.66. The van der Waals surface area contributed by atoms with Crippen molar-refractivity contribution in [2.24, 2.45) is 0 Å². The van der Waals surface area contributed by atoms with E-state index in [9.17, 15) is 0 Å². The van der Waals surface area contributed by atoms with Crippen LogP contribution in [0.1, 0.15) is 39.0 Å². The van der Waals surface area contributed by atoms with Crippen LogP contribution in [0.4, 0.5) is 0 Å². The summed E-state index contributed by atoms with van der Waals surface area (Å²) in [5, 5.41) is 3.54. The van der Waals surface area contributed by atoms with Crippen LogP contribution < -0.4 is 5.32 Å². The van der Waals surface area contributed by atoms with E-state index in [1.807, 2.05) is 0 Å². The summed E-state index contributed by atoms with van der Waals surface area (Å²) in [6.07, 6.45) is 7.04. The molecule has 0 bridgehead atoms. The smallest absolute Gasteiger partial charge is 0.106 e. The normalized spacial score (nSPS) is 23.6. The minimum atomic E-state index is -0.575. The molecule has 1 aliphatic heterocycles. The molecule has 0 aromatic carbocycles. The van der Waals surface area contributed by atoms with Gasteiger partial charge < -0.3 is 9.88 Å². The fourth-order valence-corrected chi connectivity index (χ4v) is 4.27. The number of rotatable bonds is 6. The molecular weight excluding hydrogens is 200 g/mol. The third-order valence-electron chi connectivity index (χ3n) is 3.45. The van der Waals surface area contributed by atoms with Crippen LogP contribution in [-0.2, 0) is 0 Å². The summed E-state index contributed by atoms with van der Waals surface area (Å²) < 4.78 is 2.81. The van der Waals surface area contributed by atoms with Gasteiger partial charge in [-0.15, -0.1) is 0 Å². The van der Waals surface area contributed by atoms with Crippen LogP contribution in [0.3, 0.4) is 0 Å². The predicted octanol–water partition coefficient (Wildman–Crippen LogP) is 2.21. The van der Waals surface area contributed by atoms with Crippen molar-refractivity contribution in [2.45, 2.75) is 58.2 Å². The van der Waals surface area contributed by atoms with E-state index in [4.69, 9.17) is 0 Å². The summed E-state index contributed by atoms with van der Waals surface area (Å²) in [5.74, 6) is 0. The van der Waals surface area contributed by atoms with Crippen molar-refractivity contribution in [3.63, 3.8) is 0 Å². The quantitative estimate of drug-likeness (QED) is 0.554. The lowest BCUT2D eigenvalue weighted by Crippen LogP contribution is -2.55. The molecule has 0 aliphatic carbocycles. The van der Waals surface area contributed by atoms with E-state index >= 15 is 0 Å². The van der Waals surface area contributed by atoms with Crippen LogP contribution >= 0.6 is 0 Å². The second-order valence-corrected chi connectivity index (χ2v) is 7.89. The molecule has 0 amide bonds. The van der Waals surface area contributed by atoms with Crippen LogP contribution in [0.15, 0.2) is 0 Å². The standard InChI is InChI=1S/C12H28N2Si/c1-4-5-6-7-8-12-11-13-9-10-14(12)15(2)3/h12-13,15H,4-11H2,1-3H3. The van der Waals surface area contributed by atoms with Gasteiger partial charge in [0, 0.05) is 25.7 Å². The Labute approximate surface area is 97.1 Å². The van der Waals surface area contributed by atoms with E-state index in [1.165, 1.54) is 51.7 Å². The maximum Gasteiger partial charge on any atom is 0.106 e. The zero-order valence-electron chi connectivity index (χ0n) is 10.8. The van der Waals surface area contributed by atoms with Crippen LogP contribution in [-0.4, -0.2) is 39.2 Å². The van der Waals surface area contributed by atoms with E-state index in [2.05, 4.69) is 29.9 Å². The van der Waals surface area contributed by atoms with Gasteiger partial charge in [0.2, 0.25) is 0 Å². The molecule has 0 aromatic heterocycles. The Balaban J connectivity index is 2.23. The van der Waals surface area contributed by atoms with E-state index in [-0.39, 0.29) is 0 Å². The van der Waals surface area contributed by atoms with Gasteiger partial charge in [-0.2, -0.15) is 0 Å². The molecular formula is C12H28N2Si. The molecule has 0 spiro atoms. The first-order valence-electron chi connectivity index (χ1n) is 6.72. The summed E-state index contributed by atoms with van der Waals surface area (Å²) in [7, 11) is -0.575. The van der Waals surface area contributed by atoms with Crippen LogP contribution in [0.5, 0.6) is 0 Å². The predicted molar refractivity (Wildman–Crippen MR) is 71.0 cm³/mol. The monoisotopic (exact) mass is 228 g/mol. The van der Waals surface area contributed by atoms with Crippen molar-refractivity contribution < 1.29 is 0 Å². The van der Waals surface area contributed by atoms with Crippen molar-refractivity contribution in [3.05, 3.63) is 0 Å². The van der Waals surface area contributed by atoms with Crippen LogP contribution in [0, 0.1) is 0 Å². The van der Waals surface area contributed by atoms with Crippen LogP contribution in [0.25, 0.3) is 0 Å². The zero-order chi connectivity index (χ0) is 11.1. The second kappa shape index (κ2) is 7.42. The highest BCUT2D eigenvalue weighted by molar-refractivity contribution is 6.52. The average molecular weight is 228 g/mol. The number of piperazine rings is 1. The highest BCUT2D eigenvalue weighted by Crippen LogP contribution is 2.14. The SMILES string of the molecule is CCCCCCC1CNCCN1[SiH](C)C. The Bertz CT molecular complexity index is 162. The second-order valence-electron chi connectivity index (χ2n) is 5.04. The molecule has 90 valence electrons. The Morgan fingerprint density at radius 2 is 2.07 bits per heavy atom. The van der Waals surface area contributed by atoms with Crippen molar-refractivity contribution in [1.29, 1.82) is 0 Å². The van der Waals surface area contributed by atoms with E-state index in [0.29, 0.717) is 0 Å². The first-order chi connectivity index (χ1) is 7.25. The average Bonchev–Trinajstić information content (AvgIpc) is 2.25. The van der Waals surface area contributed by atoms with Gasteiger partial charge in [0.15, 0.2) is 0 Å². The number of nitrogens with zero attached hydrogens (tertiary/aromatic N) is 1. The first kappa shape index (κ1) is 13.2. The first-order valence-corrected chi connectivity index (χ1v) is 9.54. The number of hydrogen-bond acceptors (Lipinski definition) is 2. The molecule has 1 aliphatic rings. The number of nitrogens with one attached hydrogen (secondary N) is 1. The zero-order valence-corrected chi connectivity index (χ0v) is 11.9. The molecule has 1 unspecified atom stereocenters. The fourth-order valence-electron chi connectivity index (χ4n) is 2.53. The number of hydrogen-bond donors (Lipinski definition) is 1. The third-order valence-corrected chi connectivity index (χ3v) is 5.46. The lowest BCUT2D eigenvalue weighted by molar-refractivity contribution is 0.250. The van der Waals surface area contributed by atoms with Gasteiger partial charge in [-0.3, -0.25) is 0 Å². The Kier molecular flexibility index (Phi) is 6.53. The topological polar surface area (TPSA) is 15.3 Å². The van der Waals surface area contributed by atoms with Crippen molar-refractivity contribution in [1.82, 2.24) is 9.88 Å². The Morgan fingerprint density at radius 1 is 1.27 bits per heavy atom. The lowest BCUT2D eigenvalue weighted by Gasteiger charge is -2.39. The van der Waals surface area contributed by atoms with Crippen LogP contribution in [0.2, 0.25) is 13.1 Å².